The molecule has 0 bridgehead atoms. The zero-order chi connectivity index (χ0) is 7.11. The van der Waals surface area contributed by atoms with Gasteiger partial charge >= 0.3 is 0 Å². The maximum absolute atomic E-state index is 8.85. The first-order valence-corrected chi connectivity index (χ1v) is 3.95. The van der Waals surface area contributed by atoms with E-state index in [1.165, 1.54) is 25.7 Å². The van der Waals surface area contributed by atoms with E-state index in [4.69, 9.17) is 5.11 Å². The van der Waals surface area contributed by atoms with Gasteiger partial charge in [0.25, 0.3) is 0 Å². The van der Waals surface area contributed by atoms with E-state index in [-0.39, 0.29) is 23.2 Å². The van der Waals surface area contributed by atoms with Crippen LogP contribution >= 0.6 is 0 Å². The van der Waals surface area contributed by atoms with E-state index in [1.54, 1.807) is 0 Å². The second kappa shape index (κ2) is 9.48. The number of aliphatic hydroxyl groups excluding tert-OH is 1. The van der Waals surface area contributed by atoms with Crippen molar-refractivity contribution >= 4 is 0 Å². The standard InChI is InChI=1S/C8H18O.Cu/c1-3-4-5-6-7-8(2)9;/h8-9H,3-7H2,1-2H3;. The first-order chi connectivity index (χ1) is 4.27. The van der Waals surface area contributed by atoms with Gasteiger partial charge in [-0.05, 0) is 13.3 Å². The first-order valence-electron chi connectivity index (χ1n) is 3.95. The molecule has 0 aromatic carbocycles. The van der Waals surface area contributed by atoms with Crippen molar-refractivity contribution in [3.05, 3.63) is 0 Å². The molecule has 0 saturated heterocycles. The molecule has 1 nitrogen and oxygen atoms in total. The molecule has 0 aromatic heterocycles. The van der Waals surface area contributed by atoms with Crippen LogP contribution in [0.5, 0.6) is 0 Å². The van der Waals surface area contributed by atoms with E-state index in [2.05, 4.69) is 6.92 Å². The monoisotopic (exact) mass is 193 g/mol. The van der Waals surface area contributed by atoms with Crippen LogP contribution < -0.4 is 0 Å². The summed E-state index contributed by atoms with van der Waals surface area (Å²) in [5.74, 6) is 0. The second-order valence-corrected chi connectivity index (χ2v) is 2.70. The number of aliphatic hydroxyl groups is 1. The summed E-state index contributed by atoms with van der Waals surface area (Å²) in [5.41, 5.74) is 0. The van der Waals surface area contributed by atoms with Gasteiger partial charge in [0.2, 0.25) is 0 Å². The molecule has 0 spiro atoms. The van der Waals surface area contributed by atoms with Crippen LogP contribution in [-0.2, 0) is 17.1 Å². The molecule has 0 aliphatic carbocycles. The van der Waals surface area contributed by atoms with Gasteiger partial charge in [0.05, 0.1) is 6.10 Å². The summed E-state index contributed by atoms with van der Waals surface area (Å²) in [6, 6.07) is 0. The summed E-state index contributed by atoms with van der Waals surface area (Å²) in [4.78, 5) is 0. The van der Waals surface area contributed by atoms with E-state index in [9.17, 15) is 0 Å². The number of hydrogen-bond acceptors (Lipinski definition) is 1. The Morgan fingerprint density at radius 3 is 2.20 bits per heavy atom. The van der Waals surface area contributed by atoms with Crippen LogP contribution in [0.15, 0.2) is 0 Å². The predicted molar refractivity (Wildman–Crippen MR) is 40.4 cm³/mol. The molecular formula is C8H18CuO. The fourth-order valence-corrected chi connectivity index (χ4v) is 0.867. The first kappa shape index (κ1) is 13.1. The smallest absolute Gasteiger partial charge is 0.0512 e. The van der Waals surface area contributed by atoms with Gasteiger partial charge in [-0.25, -0.2) is 0 Å². The molecule has 0 amide bonds. The minimum Gasteiger partial charge on any atom is -0.393 e. The molecule has 1 atom stereocenters. The topological polar surface area (TPSA) is 20.2 Å². The summed E-state index contributed by atoms with van der Waals surface area (Å²) in [5, 5.41) is 8.85. The van der Waals surface area contributed by atoms with E-state index in [1.807, 2.05) is 6.92 Å². The van der Waals surface area contributed by atoms with Crippen molar-refractivity contribution in [2.24, 2.45) is 0 Å². The van der Waals surface area contributed by atoms with Crippen molar-refractivity contribution < 1.29 is 22.2 Å². The predicted octanol–water partition coefficient (Wildman–Crippen LogP) is 2.34. The molecule has 0 aromatic rings. The number of rotatable bonds is 5. The molecule has 0 heterocycles. The van der Waals surface area contributed by atoms with Gasteiger partial charge in [-0.1, -0.05) is 32.6 Å². The molecule has 0 aliphatic rings. The minimum atomic E-state index is -0.0955. The zero-order valence-corrected chi connectivity index (χ0v) is 7.80. The molecule has 0 saturated carbocycles. The van der Waals surface area contributed by atoms with Gasteiger partial charge in [-0.2, -0.15) is 0 Å². The Bertz CT molecular complexity index is 55.2. The van der Waals surface area contributed by atoms with Crippen molar-refractivity contribution in [1.29, 1.82) is 0 Å². The fourth-order valence-electron chi connectivity index (χ4n) is 0.867. The Hall–Kier alpha value is 0.479. The summed E-state index contributed by atoms with van der Waals surface area (Å²) in [6.07, 6.45) is 5.93. The Morgan fingerprint density at radius 1 is 1.20 bits per heavy atom. The second-order valence-electron chi connectivity index (χ2n) is 2.70. The van der Waals surface area contributed by atoms with Crippen molar-refractivity contribution in [2.45, 2.75) is 52.1 Å². The van der Waals surface area contributed by atoms with Gasteiger partial charge in [0, 0.05) is 17.1 Å². The third-order valence-corrected chi connectivity index (χ3v) is 1.48. The van der Waals surface area contributed by atoms with Crippen LogP contribution in [0.1, 0.15) is 46.0 Å². The third kappa shape index (κ3) is 11.3. The van der Waals surface area contributed by atoms with Gasteiger partial charge < -0.3 is 5.11 Å². The van der Waals surface area contributed by atoms with Crippen molar-refractivity contribution in [3.63, 3.8) is 0 Å². The molecule has 1 N–H and O–H groups in total. The molecule has 2 heteroatoms. The summed E-state index contributed by atoms with van der Waals surface area (Å²) in [7, 11) is 0. The summed E-state index contributed by atoms with van der Waals surface area (Å²) < 4.78 is 0. The van der Waals surface area contributed by atoms with Crippen LogP contribution in [0.4, 0.5) is 0 Å². The average Bonchev–Trinajstić information content (AvgIpc) is 1.80. The van der Waals surface area contributed by atoms with E-state index >= 15 is 0 Å². The molecular weight excluding hydrogens is 176 g/mol. The van der Waals surface area contributed by atoms with Crippen LogP contribution in [0.25, 0.3) is 0 Å². The van der Waals surface area contributed by atoms with Crippen LogP contribution in [0.3, 0.4) is 0 Å². The van der Waals surface area contributed by atoms with E-state index < -0.39 is 0 Å². The minimum absolute atomic E-state index is 0. The Morgan fingerprint density at radius 2 is 1.80 bits per heavy atom. The molecule has 0 aliphatic heterocycles. The molecule has 0 rings (SSSR count). The van der Waals surface area contributed by atoms with E-state index in [0.717, 1.165) is 6.42 Å². The maximum Gasteiger partial charge on any atom is 0.0512 e. The number of unbranched alkanes of at least 4 members (excludes halogenated alkanes) is 3. The third-order valence-electron chi connectivity index (χ3n) is 1.48. The SMILES string of the molecule is CCCCCCC(C)O.[Cu]. The van der Waals surface area contributed by atoms with Gasteiger partial charge in [-0.15, -0.1) is 0 Å². The Balaban J connectivity index is 0. The molecule has 0 fully saturated rings. The van der Waals surface area contributed by atoms with Gasteiger partial charge in [0.15, 0.2) is 0 Å². The fraction of sp³-hybridized carbons (Fsp3) is 1.00. The van der Waals surface area contributed by atoms with Gasteiger partial charge in [-0.3, -0.25) is 0 Å². The van der Waals surface area contributed by atoms with Crippen molar-refractivity contribution in [1.82, 2.24) is 0 Å². The van der Waals surface area contributed by atoms with Crippen LogP contribution in [-0.4, -0.2) is 11.2 Å². The van der Waals surface area contributed by atoms with Crippen molar-refractivity contribution in [2.75, 3.05) is 0 Å². The Labute approximate surface area is 74.7 Å². The van der Waals surface area contributed by atoms with E-state index in [0.29, 0.717) is 0 Å². The van der Waals surface area contributed by atoms with Crippen LogP contribution in [0.2, 0.25) is 0 Å². The molecule has 1 radical (unpaired) electrons. The normalized spacial score (nSPS) is 12.3. The molecule has 1 unspecified atom stereocenters. The maximum atomic E-state index is 8.85. The quantitative estimate of drug-likeness (QED) is 0.525. The zero-order valence-electron chi connectivity index (χ0n) is 6.86. The van der Waals surface area contributed by atoms with Crippen LogP contribution in [0, 0.1) is 0 Å². The summed E-state index contributed by atoms with van der Waals surface area (Å²) in [6.45, 7) is 4.05. The Kier molecular flexibility index (Phi) is 12.4. The summed E-state index contributed by atoms with van der Waals surface area (Å²) >= 11 is 0. The van der Waals surface area contributed by atoms with Gasteiger partial charge in [0.1, 0.15) is 0 Å². The largest absolute Gasteiger partial charge is 0.393 e. The van der Waals surface area contributed by atoms with Crippen molar-refractivity contribution in [3.8, 4) is 0 Å². The number of hydrogen-bond donors (Lipinski definition) is 1. The average molecular weight is 194 g/mol. The molecule has 10 heavy (non-hydrogen) atoms. The molecule has 67 valence electrons.